The Balaban J connectivity index is 1.81. The molecule has 0 saturated heterocycles. The van der Waals surface area contributed by atoms with E-state index in [2.05, 4.69) is 40.9 Å². The van der Waals surface area contributed by atoms with Gasteiger partial charge in [0.1, 0.15) is 0 Å². The second-order valence-electron chi connectivity index (χ2n) is 6.07. The van der Waals surface area contributed by atoms with Crippen LogP contribution in [0.1, 0.15) is 38.2 Å². The summed E-state index contributed by atoms with van der Waals surface area (Å²) in [6.07, 6.45) is 0.811. The molecule has 0 bridgehead atoms. The summed E-state index contributed by atoms with van der Waals surface area (Å²) in [5.74, 6) is 1.91. The van der Waals surface area contributed by atoms with Crippen molar-refractivity contribution in [2.45, 2.75) is 40.7 Å². The van der Waals surface area contributed by atoms with Crippen LogP contribution in [0.5, 0.6) is 0 Å². The first-order valence-electron chi connectivity index (χ1n) is 7.84. The highest BCUT2D eigenvalue weighted by Crippen LogP contribution is 2.31. The minimum Gasteiger partial charge on any atom is -0.341 e. The topological polar surface area (TPSA) is 72.9 Å². The van der Waals surface area contributed by atoms with Gasteiger partial charge in [0, 0.05) is 20.0 Å². The summed E-state index contributed by atoms with van der Waals surface area (Å²) in [6, 6.07) is 0. The first-order valence-corrected chi connectivity index (χ1v) is 8.66. The lowest BCUT2D eigenvalue weighted by Gasteiger charge is -2.17. The average Bonchev–Trinajstić information content (AvgIpc) is 3.15. The van der Waals surface area contributed by atoms with E-state index in [1.165, 1.54) is 0 Å². The van der Waals surface area contributed by atoms with Gasteiger partial charge in [0.25, 0.3) is 0 Å². The number of aromatic nitrogens is 5. The fourth-order valence-electron chi connectivity index (χ4n) is 2.48. The second kappa shape index (κ2) is 6.27. The van der Waals surface area contributed by atoms with Gasteiger partial charge in [0.2, 0.25) is 5.89 Å². The van der Waals surface area contributed by atoms with Crippen LogP contribution in [0.4, 0.5) is 5.13 Å². The third kappa shape index (κ3) is 3.21. The van der Waals surface area contributed by atoms with E-state index in [4.69, 9.17) is 9.51 Å². The molecular formula is C15H22N6OS. The molecule has 8 heteroatoms. The number of rotatable bonds is 6. The van der Waals surface area contributed by atoms with Crippen LogP contribution in [-0.4, -0.2) is 31.4 Å². The van der Waals surface area contributed by atoms with E-state index in [0.29, 0.717) is 24.2 Å². The van der Waals surface area contributed by atoms with E-state index < -0.39 is 0 Å². The molecule has 0 saturated carbocycles. The molecule has 0 aliphatic rings. The third-order valence-electron chi connectivity index (χ3n) is 3.61. The molecule has 0 unspecified atom stereocenters. The Hall–Kier alpha value is -1.96. The highest BCUT2D eigenvalue weighted by molar-refractivity contribution is 7.22. The molecule has 23 heavy (non-hydrogen) atoms. The summed E-state index contributed by atoms with van der Waals surface area (Å²) in [6.45, 7) is 9.83. The monoisotopic (exact) mass is 334 g/mol. The normalized spacial score (nSPS) is 11.7. The molecule has 0 aromatic carbocycles. The Morgan fingerprint density at radius 3 is 2.74 bits per heavy atom. The standard InChI is InChI=1S/C15H22N6OS/c1-6-21(8-11-16-12(22-19-11)7-9(2)3)15-17-14-13(23-15)10(4)18-20(14)5/h9H,6-8H2,1-5H3. The second-order valence-corrected chi connectivity index (χ2v) is 7.05. The van der Waals surface area contributed by atoms with Crippen LogP contribution in [-0.2, 0) is 20.0 Å². The van der Waals surface area contributed by atoms with Gasteiger partial charge < -0.3 is 9.42 Å². The predicted molar refractivity (Wildman–Crippen MR) is 90.7 cm³/mol. The first kappa shape index (κ1) is 15.9. The SMILES string of the molecule is CCN(Cc1noc(CC(C)C)n1)c1nc2c(s1)c(C)nn2C. The van der Waals surface area contributed by atoms with Crippen molar-refractivity contribution in [1.82, 2.24) is 24.9 Å². The van der Waals surface area contributed by atoms with Gasteiger partial charge >= 0.3 is 0 Å². The van der Waals surface area contributed by atoms with Crippen molar-refractivity contribution in [2.75, 3.05) is 11.4 Å². The molecule has 3 heterocycles. The van der Waals surface area contributed by atoms with Crippen LogP contribution in [0.2, 0.25) is 0 Å². The third-order valence-corrected chi connectivity index (χ3v) is 4.82. The highest BCUT2D eigenvalue weighted by atomic mass is 32.1. The fourth-order valence-corrected chi connectivity index (χ4v) is 3.58. The van der Waals surface area contributed by atoms with Gasteiger partial charge in [0.05, 0.1) is 16.9 Å². The van der Waals surface area contributed by atoms with Crippen molar-refractivity contribution < 1.29 is 4.52 Å². The summed E-state index contributed by atoms with van der Waals surface area (Å²) in [5.41, 5.74) is 1.94. The van der Waals surface area contributed by atoms with Gasteiger partial charge in [-0.05, 0) is 19.8 Å². The molecule has 0 aliphatic heterocycles. The fraction of sp³-hybridized carbons (Fsp3) is 0.600. The Labute approximate surface area is 139 Å². The first-order chi connectivity index (χ1) is 11.0. The van der Waals surface area contributed by atoms with Crippen molar-refractivity contribution in [3.8, 4) is 0 Å². The number of hydrogen-bond donors (Lipinski definition) is 0. The van der Waals surface area contributed by atoms with Crippen molar-refractivity contribution in [3.05, 3.63) is 17.4 Å². The minimum atomic E-state index is 0.505. The zero-order chi connectivity index (χ0) is 16.6. The molecule has 0 fully saturated rings. The van der Waals surface area contributed by atoms with Gasteiger partial charge in [0.15, 0.2) is 16.6 Å². The maximum atomic E-state index is 5.32. The van der Waals surface area contributed by atoms with Crippen LogP contribution in [0, 0.1) is 12.8 Å². The van der Waals surface area contributed by atoms with Crippen LogP contribution in [0.3, 0.4) is 0 Å². The van der Waals surface area contributed by atoms with Crippen LogP contribution in [0.15, 0.2) is 4.52 Å². The van der Waals surface area contributed by atoms with Crippen molar-refractivity contribution in [2.24, 2.45) is 13.0 Å². The highest BCUT2D eigenvalue weighted by Gasteiger charge is 2.18. The summed E-state index contributed by atoms with van der Waals surface area (Å²) in [5, 5.41) is 9.45. The summed E-state index contributed by atoms with van der Waals surface area (Å²) in [4.78, 5) is 11.4. The Morgan fingerprint density at radius 1 is 1.30 bits per heavy atom. The van der Waals surface area contributed by atoms with E-state index >= 15 is 0 Å². The molecule has 0 N–H and O–H groups in total. The number of hydrogen-bond acceptors (Lipinski definition) is 7. The van der Waals surface area contributed by atoms with Crippen LogP contribution >= 0.6 is 11.3 Å². The van der Waals surface area contributed by atoms with Crippen molar-refractivity contribution in [3.63, 3.8) is 0 Å². The molecule has 0 spiro atoms. The molecular weight excluding hydrogens is 312 g/mol. The molecule has 3 aromatic heterocycles. The van der Waals surface area contributed by atoms with Crippen LogP contribution in [0.25, 0.3) is 10.3 Å². The zero-order valence-corrected chi connectivity index (χ0v) is 15.0. The van der Waals surface area contributed by atoms with Gasteiger partial charge in [-0.15, -0.1) is 0 Å². The van der Waals surface area contributed by atoms with Gasteiger partial charge in [-0.2, -0.15) is 10.1 Å². The quantitative estimate of drug-likeness (QED) is 0.690. The summed E-state index contributed by atoms with van der Waals surface area (Å²) in [7, 11) is 1.92. The smallest absolute Gasteiger partial charge is 0.226 e. The maximum Gasteiger partial charge on any atom is 0.226 e. The lowest BCUT2D eigenvalue weighted by atomic mass is 10.1. The summed E-state index contributed by atoms with van der Waals surface area (Å²) < 4.78 is 8.28. The molecule has 7 nitrogen and oxygen atoms in total. The van der Waals surface area contributed by atoms with Crippen LogP contribution < -0.4 is 4.90 Å². The number of thiazole rings is 1. The van der Waals surface area contributed by atoms with E-state index in [1.54, 1.807) is 11.3 Å². The largest absolute Gasteiger partial charge is 0.341 e. The van der Waals surface area contributed by atoms with Gasteiger partial charge in [-0.25, -0.2) is 9.67 Å². The van der Waals surface area contributed by atoms with E-state index in [9.17, 15) is 0 Å². The molecule has 3 rings (SSSR count). The Bertz CT molecular complexity index is 768. The number of nitrogens with zero attached hydrogens (tertiary/aromatic N) is 6. The van der Waals surface area contributed by atoms with E-state index in [1.807, 2.05) is 18.7 Å². The minimum absolute atomic E-state index is 0.505. The number of anilines is 1. The lowest BCUT2D eigenvalue weighted by Crippen LogP contribution is -2.22. The number of aryl methyl sites for hydroxylation is 2. The van der Waals surface area contributed by atoms with Crippen molar-refractivity contribution in [1.29, 1.82) is 0 Å². The lowest BCUT2D eigenvalue weighted by molar-refractivity contribution is 0.358. The van der Waals surface area contributed by atoms with E-state index in [0.717, 1.165) is 34.1 Å². The molecule has 3 aromatic rings. The zero-order valence-electron chi connectivity index (χ0n) is 14.2. The predicted octanol–water partition coefficient (Wildman–Crippen LogP) is 2.95. The molecule has 0 aliphatic carbocycles. The molecule has 0 atom stereocenters. The maximum absolute atomic E-state index is 5.32. The Morgan fingerprint density at radius 2 is 2.09 bits per heavy atom. The number of fused-ring (bicyclic) bond motifs is 1. The van der Waals surface area contributed by atoms with E-state index in [-0.39, 0.29) is 0 Å². The van der Waals surface area contributed by atoms with Gasteiger partial charge in [-0.1, -0.05) is 30.3 Å². The molecule has 124 valence electrons. The summed E-state index contributed by atoms with van der Waals surface area (Å²) >= 11 is 1.66. The Kier molecular flexibility index (Phi) is 4.34. The van der Waals surface area contributed by atoms with Crippen molar-refractivity contribution >= 4 is 26.8 Å². The van der Waals surface area contributed by atoms with Gasteiger partial charge in [-0.3, -0.25) is 0 Å². The molecule has 0 radical (unpaired) electrons. The average molecular weight is 334 g/mol. The molecule has 0 amide bonds.